The Morgan fingerprint density at radius 1 is 1.53 bits per heavy atom. The van der Waals surface area contributed by atoms with E-state index in [0.29, 0.717) is 6.54 Å². The first-order valence-corrected chi connectivity index (χ1v) is 5.27. The molecule has 1 aliphatic heterocycles. The Morgan fingerprint density at radius 3 is 2.73 bits per heavy atom. The van der Waals surface area contributed by atoms with Gasteiger partial charge in [-0.3, -0.25) is 14.5 Å². The van der Waals surface area contributed by atoms with E-state index in [4.69, 9.17) is 5.11 Å². The highest BCUT2D eigenvalue weighted by Gasteiger charge is 2.33. The van der Waals surface area contributed by atoms with Crippen LogP contribution in [0.25, 0.3) is 0 Å². The Balaban J connectivity index is 2.70. The molecule has 0 aromatic heterocycles. The van der Waals surface area contributed by atoms with Gasteiger partial charge in [0.25, 0.3) is 0 Å². The lowest BCUT2D eigenvalue weighted by Crippen LogP contribution is -2.56. The Bertz CT molecular complexity index is 255. The Kier molecular flexibility index (Phi) is 4.08. The molecule has 0 saturated carbocycles. The molecule has 0 radical (unpaired) electrons. The van der Waals surface area contributed by atoms with Crippen molar-refractivity contribution in [1.29, 1.82) is 0 Å². The van der Waals surface area contributed by atoms with E-state index in [1.807, 2.05) is 11.8 Å². The fraction of sp³-hybridized carbons (Fsp3) is 0.800. The molecule has 0 aliphatic carbocycles. The minimum Gasteiger partial charge on any atom is -0.481 e. The smallest absolute Gasteiger partial charge is 0.305 e. The van der Waals surface area contributed by atoms with Crippen molar-refractivity contribution in [3.63, 3.8) is 0 Å². The van der Waals surface area contributed by atoms with Crippen LogP contribution in [0.15, 0.2) is 0 Å². The molecule has 1 rings (SSSR count). The number of nitrogens with zero attached hydrogens (tertiary/aromatic N) is 2. The summed E-state index contributed by atoms with van der Waals surface area (Å²) in [7, 11) is 1.72. The zero-order valence-corrected chi connectivity index (χ0v) is 9.27. The van der Waals surface area contributed by atoms with Gasteiger partial charge < -0.3 is 10.0 Å². The van der Waals surface area contributed by atoms with Crippen LogP contribution in [0.1, 0.15) is 19.8 Å². The molecule has 5 nitrogen and oxygen atoms in total. The van der Waals surface area contributed by atoms with E-state index in [-0.39, 0.29) is 12.3 Å². The molecule has 0 aromatic rings. The van der Waals surface area contributed by atoms with Crippen LogP contribution in [-0.2, 0) is 9.59 Å². The number of hydrogen-bond acceptors (Lipinski definition) is 3. The summed E-state index contributed by atoms with van der Waals surface area (Å²) in [6.45, 7) is 4.28. The minimum absolute atomic E-state index is 0.0721. The van der Waals surface area contributed by atoms with Crippen LogP contribution in [0.5, 0.6) is 0 Å². The summed E-state index contributed by atoms with van der Waals surface area (Å²) in [6, 6.07) is -0.471. The van der Waals surface area contributed by atoms with Crippen molar-refractivity contribution in [2.75, 3.05) is 26.7 Å². The van der Waals surface area contributed by atoms with Gasteiger partial charge in [0, 0.05) is 20.1 Å². The summed E-state index contributed by atoms with van der Waals surface area (Å²) in [4.78, 5) is 26.0. The summed E-state index contributed by atoms with van der Waals surface area (Å²) < 4.78 is 0. The first-order valence-electron chi connectivity index (χ1n) is 5.27. The van der Waals surface area contributed by atoms with Crippen LogP contribution in [0, 0.1) is 0 Å². The van der Waals surface area contributed by atoms with Crippen molar-refractivity contribution in [1.82, 2.24) is 9.80 Å². The second-order valence-corrected chi connectivity index (χ2v) is 3.91. The largest absolute Gasteiger partial charge is 0.481 e. The van der Waals surface area contributed by atoms with Crippen LogP contribution in [0.3, 0.4) is 0 Å². The van der Waals surface area contributed by atoms with E-state index in [0.717, 1.165) is 19.5 Å². The first kappa shape index (κ1) is 12.0. The Labute approximate surface area is 89.7 Å². The van der Waals surface area contributed by atoms with Crippen molar-refractivity contribution in [3.8, 4) is 0 Å². The highest BCUT2D eigenvalue weighted by atomic mass is 16.4. The summed E-state index contributed by atoms with van der Waals surface area (Å²) in [5, 5.41) is 8.76. The number of carboxylic acid groups (broad SMARTS) is 1. The number of carboxylic acids is 1. The predicted molar refractivity (Wildman–Crippen MR) is 55.5 cm³/mol. The average molecular weight is 214 g/mol. The number of rotatable bonds is 4. The quantitative estimate of drug-likeness (QED) is 0.716. The third kappa shape index (κ3) is 2.92. The summed E-state index contributed by atoms with van der Waals surface area (Å²) >= 11 is 0. The summed E-state index contributed by atoms with van der Waals surface area (Å²) in [5.74, 6) is -0.984. The van der Waals surface area contributed by atoms with E-state index in [1.165, 1.54) is 0 Å². The number of carbonyl (C=O) groups excluding carboxylic acids is 1. The topological polar surface area (TPSA) is 60.9 Å². The maximum absolute atomic E-state index is 11.8. The molecule has 0 spiro atoms. The molecule has 0 unspecified atom stereocenters. The highest BCUT2D eigenvalue weighted by molar-refractivity contribution is 5.86. The van der Waals surface area contributed by atoms with Crippen molar-refractivity contribution in [2.45, 2.75) is 25.8 Å². The van der Waals surface area contributed by atoms with E-state index >= 15 is 0 Å². The molecule has 5 heteroatoms. The number of likely N-dealkylation sites (N-methyl/N-ethyl adjacent to an activating group) is 1. The third-order valence-electron chi connectivity index (χ3n) is 2.70. The average Bonchev–Trinajstić information content (AvgIpc) is 2.17. The Hall–Kier alpha value is -1.10. The molecule has 1 fully saturated rings. The molecule has 86 valence electrons. The van der Waals surface area contributed by atoms with Crippen LogP contribution in [0.2, 0.25) is 0 Å². The lowest BCUT2D eigenvalue weighted by Gasteiger charge is -2.38. The van der Waals surface area contributed by atoms with E-state index in [2.05, 4.69) is 0 Å². The maximum Gasteiger partial charge on any atom is 0.305 e. The van der Waals surface area contributed by atoms with Gasteiger partial charge >= 0.3 is 5.97 Å². The van der Waals surface area contributed by atoms with Crippen LogP contribution >= 0.6 is 0 Å². The zero-order chi connectivity index (χ0) is 11.4. The zero-order valence-electron chi connectivity index (χ0n) is 9.27. The second kappa shape index (κ2) is 5.11. The van der Waals surface area contributed by atoms with Gasteiger partial charge in [0.05, 0.1) is 12.5 Å². The van der Waals surface area contributed by atoms with Gasteiger partial charge in [-0.05, 0) is 13.0 Å². The van der Waals surface area contributed by atoms with Gasteiger partial charge in [-0.15, -0.1) is 0 Å². The molecule has 15 heavy (non-hydrogen) atoms. The highest BCUT2D eigenvalue weighted by Crippen LogP contribution is 2.13. The van der Waals surface area contributed by atoms with Crippen molar-refractivity contribution >= 4 is 11.9 Å². The fourth-order valence-electron chi connectivity index (χ4n) is 1.89. The Morgan fingerprint density at radius 2 is 2.20 bits per heavy atom. The molecule has 1 amide bonds. The fourth-order valence-corrected chi connectivity index (χ4v) is 1.89. The van der Waals surface area contributed by atoms with Crippen LogP contribution < -0.4 is 0 Å². The summed E-state index contributed by atoms with van der Waals surface area (Å²) in [5.41, 5.74) is 0. The number of hydrogen-bond donors (Lipinski definition) is 1. The van der Waals surface area contributed by atoms with Gasteiger partial charge in [-0.1, -0.05) is 6.92 Å². The molecule has 1 atom stereocenters. The molecule has 1 N–H and O–H groups in total. The van der Waals surface area contributed by atoms with Gasteiger partial charge in [0.15, 0.2) is 0 Å². The van der Waals surface area contributed by atoms with Crippen LogP contribution in [-0.4, -0.2) is 59.5 Å². The first-order chi connectivity index (χ1) is 7.06. The third-order valence-corrected chi connectivity index (χ3v) is 2.70. The normalized spacial score (nSPS) is 23.2. The maximum atomic E-state index is 11.8. The predicted octanol–water partition coefficient (Wildman–Crippen LogP) is 0.0137. The number of aliphatic carboxylic acids is 1. The van der Waals surface area contributed by atoms with Crippen molar-refractivity contribution in [2.24, 2.45) is 0 Å². The second-order valence-electron chi connectivity index (χ2n) is 3.91. The molecular formula is C10H18N2O3. The van der Waals surface area contributed by atoms with E-state index < -0.39 is 12.0 Å². The number of piperazine rings is 1. The van der Waals surface area contributed by atoms with Gasteiger partial charge in [0.2, 0.25) is 5.91 Å². The van der Waals surface area contributed by atoms with Crippen molar-refractivity contribution in [3.05, 3.63) is 0 Å². The standard InChI is InChI=1S/C10H18N2O3/c1-3-4-12-6-5-11(2)10(15)8(12)7-9(13)14/h8H,3-7H2,1-2H3,(H,13,14)/t8-/m1/s1. The minimum atomic E-state index is -0.912. The lowest BCUT2D eigenvalue weighted by atomic mass is 10.1. The van der Waals surface area contributed by atoms with Gasteiger partial charge in [-0.2, -0.15) is 0 Å². The molecule has 1 saturated heterocycles. The number of amides is 1. The van der Waals surface area contributed by atoms with Crippen molar-refractivity contribution < 1.29 is 14.7 Å². The van der Waals surface area contributed by atoms with Gasteiger partial charge in [0.1, 0.15) is 0 Å². The molecule has 1 heterocycles. The molecule has 0 bridgehead atoms. The molecular weight excluding hydrogens is 196 g/mol. The lowest BCUT2D eigenvalue weighted by molar-refractivity contribution is -0.148. The van der Waals surface area contributed by atoms with Crippen LogP contribution in [0.4, 0.5) is 0 Å². The van der Waals surface area contributed by atoms with E-state index in [1.54, 1.807) is 11.9 Å². The summed E-state index contributed by atoms with van der Waals surface area (Å²) in [6.07, 6.45) is 0.844. The van der Waals surface area contributed by atoms with E-state index in [9.17, 15) is 9.59 Å². The molecule has 0 aromatic carbocycles. The number of carbonyl (C=O) groups is 2. The monoisotopic (exact) mass is 214 g/mol. The SMILES string of the molecule is CCCN1CCN(C)C(=O)[C@H]1CC(=O)O. The van der Waals surface area contributed by atoms with Gasteiger partial charge in [-0.25, -0.2) is 0 Å². The molecule has 1 aliphatic rings.